The van der Waals surface area contributed by atoms with E-state index in [9.17, 15) is 9.59 Å². The second kappa shape index (κ2) is 7.52. The van der Waals surface area contributed by atoms with Crippen molar-refractivity contribution in [1.82, 2.24) is 14.8 Å². The number of amides is 3. The summed E-state index contributed by atoms with van der Waals surface area (Å²) in [6.45, 7) is 0.269. The normalized spacial score (nSPS) is 19.7. The number of nitrogens with zero attached hydrogens (tertiary/aromatic N) is 2. The molecule has 2 aliphatic heterocycles. The van der Waals surface area contributed by atoms with Crippen molar-refractivity contribution < 1.29 is 14.3 Å². The highest BCUT2D eigenvalue weighted by Gasteiger charge is 2.52. The van der Waals surface area contributed by atoms with Gasteiger partial charge in [-0.25, -0.2) is 4.79 Å². The van der Waals surface area contributed by atoms with Crippen LogP contribution in [0.5, 0.6) is 5.75 Å². The Labute approximate surface area is 191 Å². The Morgan fingerprint density at radius 3 is 2.58 bits per heavy atom. The molecular weight excluding hydrogens is 414 g/mol. The third-order valence-corrected chi connectivity index (χ3v) is 6.73. The number of benzene rings is 3. The minimum absolute atomic E-state index is 0.146. The van der Waals surface area contributed by atoms with Crippen molar-refractivity contribution in [1.29, 1.82) is 0 Å². The molecule has 0 bridgehead atoms. The van der Waals surface area contributed by atoms with E-state index in [-0.39, 0.29) is 18.5 Å². The third-order valence-electron chi connectivity index (χ3n) is 6.73. The molecule has 2 aliphatic rings. The average Bonchev–Trinajstić information content (AvgIpc) is 3.34. The molecular formula is C27H23N3O3. The number of methoxy groups -OCH3 is 1. The van der Waals surface area contributed by atoms with E-state index in [0.29, 0.717) is 12.2 Å². The van der Waals surface area contributed by atoms with Crippen molar-refractivity contribution in [2.75, 3.05) is 7.11 Å². The van der Waals surface area contributed by atoms with Crippen molar-refractivity contribution in [3.05, 3.63) is 101 Å². The minimum atomic E-state index is -0.538. The fraction of sp³-hybridized carbons (Fsp3) is 0.185. The quantitative estimate of drug-likeness (QED) is 0.473. The van der Waals surface area contributed by atoms with Crippen molar-refractivity contribution in [2.24, 2.45) is 0 Å². The minimum Gasteiger partial charge on any atom is -0.497 e. The van der Waals surface area contributed by atoms with Crippen LogP contribution in [0.2, 0.25) is 0 Å². The standard InChI is InChI=1S/C27H23N3O3/c1-33-19-11-7-10-18(14-19)25-24-21(20-12-5-6-13-22(20)28-24)15-23-26(31)29(27(32)30(23)25)16-17-8-3-2-4-9-17/h2-14,23,25,28H,15-16H2,1H3. The van der Waals surface area contributed by atoms with Crippen LogP contribution in [-0.2, 0) is 17.8 Å². The average molecular weight is 437 g/mol. The lowest BCUT2D eigenvalue weighted by atomic mass is 9.89. The van der Waals surface area contributed by atoms with E-state index in [1.165, 1.54) is 4.90 Å². The lowest BCUT2D eigenvalue weighted by molar-refractivity contribution is -0.129. The Balaban J connectivity index is 1.49. The van der Waals surface area contributed by atoms with E-state index in [2.05, 4.69) is 11.1 Å². The number of nitrogens with one attached hydrogen (secondary N) is 1. The maximum Gasteiger partial charge on any atom is 0.328 e. The zero-order chi connectivity index (χ0) is 22.5. The number of urea groups is 1. The molecule has 33 heavy (non-hydrogen) atoms. The van der Waals surface area contributed by atoms with Crippen LogP contribution in [0, 0.1) is 0 Å². The van der Waals surface area contributed by atoms with Gasteiger partial charge in [-0.05, 0) is 34.9 Å². The summed E-state index contributed by atoms with van der Waals surface area (Å²) in [6.07, 6.45) is 0.496. The second-order valence-corrected chi connectivity index (χ2v) is 8.56. The van der Waals surface area contributed by atoms with E-state index in [1.807, 2.05) is 72.8 Å². The van der Waals surface area contributed by atoms with Gasteiger partial charge in [0.05, 0.1) is 13.7 Å². The van der Waals surface area contributed by atoms with Gasteiger partial charge in [0.25, 0.3) is 5.91 Å². The van der Waals surface area contributed by atoms with Gasteiger partial charge in [-0.2, -0.15) is 0 Å². The van der Waals surface area contributed by atoms with Gasteiger partial charge in [0.2, 0.25) is 0 Å². The van der Waals surface area contributed by atoms with Crippen LogP contribution in [0.3, 0.4) is 0 Å². The predicted octanol–water partition coefficient (Wildman–Crippen LogP) is 4.66. The van der Waals surface area contributed by atoms with Gasteiger partial charge in [-0.15, -0.1) is 0 Å². The molecule has 3 amide bonds. The number of H-pyrrole nitrogens is 1. The highest BCUT2D eigenvalue weighted by atomic mass is 16.5. The molecule has 1 N–H and O–H groups in total. The first-order valence-electron chi connectivity index (χ1n) is 11.1. The first-order chi connectivity index (χ1) is 16.2. The summed E-state index contributed by atoms with van der Waals surface area (Å²) in [5.74, 6) is 0.569. The van der Waals surface area contributed by atoms with Gasteiger partial charge in [0.1, 0.15) is 17.8 Å². The smallest absolute Gasteiger partial charge is 0.328 e. The number of para-hydroxylation sites is 1. The summed E-state index contributed by atoms with van der Waals surface area (Å²) >= 11 is 0. The van der Waals surface area contributed by atoms with Crippen molar-refractivity contribution >= 4 is 22.8 Å². The molecule has 6 nitrogen and oxygen atoms in total. The molecule has 0 radical (unpaired) electrons. The summed E-state index contributed by atoms with van der Waals surface area (Å²) in [6, 6.07) is 24.3. The van der Waals surface area contributed by atoms with Crippen molar-refractivity contribution in [2.45, 2.75) is 25.0 Å². The SMILES string of the molecule is COc1cccc(C2c3[nH]c4ccccc4c3CC3C(=O)N(Cc4ccccc4)C(=O)N32)c1. The van der Waals surface area contributed by atoms with Gasteiger partial charge in [0.15, 0.2) is 0 Å². The van der Waals surface area contributed by atoms with E-state index in [4.69, 9.17) is 4.74 Å². The summed E-state index contributed by atoms with van der Waals surface area (Å²) in [5.41, 5.74) is 4.92. The molecule has 3 aromatic carbocycles. The number of hydrogen-bond donors (Lipinski definition) is 1. The zero-order valence-corrected chi connectivity index (χ0v) is 18.2. The zero-order valence-electron chi connectivity index (χ0n) is 18.2. The highest BCUT2D eigenvalue weighted by Crippen LogP contribution is 2.44. The summed E-state index contributed by atoms with van der Waals surface area (Å²) in [5, 5.41) is 1.10. The monoisotopic (exact) mass is 437 g/mol. The lowest BCUT2D eigenvalue weighted by Crippen LogP contribution is -2.44. The molecule has 0 spiro atoms. The van der Waals surface area contributed by atoms with Crippen molar-refractivity contribution in [3.63, 3.8) is 0 Å². The molecule has 2 atom stereocenters. The second-order valence-electron chi connectivity index (χ2n) is 8.56. The molecule has 0 aliphatic carbocycles. The molecule has 1 saturated heterocycles. The largest absolute Gasteiger partial charge is 0.497 e. The van der Waals surface area contributed by atoms with Crippen LogP contribution in [0.15, 0.2) is 78.9 Å². The molecule has 0 saturated carbocycles. The maximum atomic E-state index is 13.7. The Morgan fingerprint density at radius 2 is 1.76 bits per heavy atom. The Kier molecular flexibility index (Phi) is 4.47. The number of carbonyl (C=O) groups is 2. The number of imide groups is 1. The molecule has 164 valence electrons. The van der Waals surface area contributed by atoms with E-state index >= 15 is 0 Å². The van der Waals surface area contributed by atoms with Crippen LogP contribution >= 0.6 is 0 Å². The number of rotatable bonds is 4. The van der Waals surface area contributed by atoms with Gasteiger partial charge < -0.3 is 9.72 Å². The van der Waals surface area contributed by atoms with Crippen LogP contribution in [0.4, 0.5) is 4.79 Å². The number of aromatic amines is 1. The summed E-state index contributed by atoms with van der Waals surface area (Å²) in [4.78, 5) is 33.9. The fourth-order valence-corrected chi connectivity index (χ4v) is 5.20. The molecule has 1 fully saturated rings. The molecule has 6 heteroatoms. The van der Waals surface area contributed by atoms with E-state index in [1.54, 1.807) is 12.0 Å². The number of fused-ring (bicyclic) bond motifs is 4. The number of ether oxygens (including phenoxy) is 1. The number of hydrogen-bond acceptors (Lipinski definition) is 3. The third kappa shape index (κ3) is 3.02. The summed E-state index contributed by atoms with van der Waals surface area (Å²) < 4.78 is 5.46. The number of carbonyl (C=O) groups excluding carboxylic acids is 2. The molecule has 4 aromatic rings. The van der Waals surface area contributed by atoms with Gasteiger partial charge in [-0.3, -0.25) is 14.6 Å². The van der Waals surface area contributed by atoms with Gasteiger partial charge in [0, 0.05) is 23.0 Å². The highest BCUT2D eigenvalue weighted by molar-refractivity contribution is 6.05. The fourth-order valence-electron chi connectivity index (χ4n) is 5.20. The van der Waals surface area contributed by atoms with Crippen molar-refractivity contribution in [3.8, 4) is 5.75 Å². The van der Waals surface area contributed by atoms with E-state index in [0.717, 1.165) is 33.3 Å². The van der Waals surface area contributed by atoms with Crippen LogP contribution < -0.4 is 4.74 Å². The van der Waals surface area contributed by atoms with Crippen LogP contribution in [0.25, 0.3) is 10.9 Å². The van der Waals surface area contributed by atoms with Gasteiger partial charge >= 0.3 is 6.03 Å². The lowest BCUT2D eigenvalue weighted by Gasteiger charge is -2.36. The first-order valence-corrected chi connectivity index (χ1v) is 11.1. The topological polar surface area (TPSA) is 65.6 Å². The van der Waals surface area contributed by atoms with E-state index < -0.39 is 12.1 Å². The molecule has 6 rings (SSSR count). The predicted molar refractivity (Wildman–Crippen MR) is 125 cm³/mol. The Bertz CT molecular complexity index is 1380. The van der Waals surface area contributed by atoms with Crippen LogP contribution in [-0.4, -0.2) is 39.9 Å². The number of aromatic nitrogens is 1. The molecule has 1 aromatic heterocycles. The first kappa shape index (κ1) is 19.6. The van der Waals surface area contributed by atoms with Crippen LogP contribution in [0.1, 0.15) is 28.4 Å². The van der Waals surface area contributed by atoms with Gasteiger partial charge in [-0.1, -0.05) is 60.7 Å². The molecule has 2 unspecified atom stereocenters. The Morgan fingerprint density at radius 1 is 0.970 bits per heavy atom. The summed E-state index contributed by atoms with van der Waals surface area (Å²) in [7, 11) is 1.63. The maximum absolute atomic E-state index is 13.7. The Hall–Kier alpha value is -4.06. The molecule has 3 heterocycles.